The van der Waals surface area contributed by atoms with Crippen LogP contribution in [-0.4, -0.2) is 24.7 Å². The molecule has 0 amide bonds. The maximum Gasteiger partial charge on any atom is 0.299 e. The molecular weight excluding hydrogens is 240 g/mol. The molecule has 2 aromatic rings. The Balaban J connectivity index is 2.23. The van der Waals surface area contributed by atoms with Crippen molar-refractivity contribution in [2.45, 2.75) is 19.9 Å². The molecule has 0 spiro atoms. The Bertz CT molecular complexity index is 618. The number of anilines is 1. The van der Waals surface area contributed by atoms with Gasteiger partial charge in [-0.2, -0.15) is 18.2 Å². The summed E-state index contributed by atoms with van der Waals surface area (Å²) in [6.07, 6.45) is 1.68. The SMILES string of the molecule is CC(C)NS(=O)(=O)Nc1ccc2cn[nH]c2c1. The van der Waals surface area contributed by atoms with Crippen LogP contribution in [0.1, 0.15) is 13.8 Å². The van der Waals surface area contributed by atoms with Gasteiger partial charge in [0.25, 0.3) is 10.2 Å². The molecule has 0 aliphatic rings. The second kappa shape index (κ2) is 4.34. The summed E-state index contributed by atoms with van der Waals surface area (Å²) in [5.41, 5.74) is 1.28. The van der Waals surface area contributed by atoms with Gasteiger partial charge in [0.1, 0.15) is 0 Å². The Morgan fingerprint density at radius 3 is 2.82 bits per heavy atom. The van der Waals surface area contributed by atoms with Gasteiger partial charge in [0.15, 0.2) is 0 Å². The van der Waals surface area contributed by atoms with Crippen molar-refractivity contribution in [3.63, 3.8) is 0 Å². The monoisotopic (exact) mass is 254 g/mol. The number of hydrogen-bond acceptors (Lipinski definition) is 3. The fraction of sp³-hybridized carbons (Fsp3) is 0.300. The Morgan fingerprint density at radius 1 is 1.35 bits per heavy atom. The molecular formula is C10H14N4O2S. The van der Waals surface area contributed by atoms with Crippen LogP contribution in [-0.2, 0) is 10.2 Å². The van der Waals surface area contributed by atoms with Crippen LogP contribution in [0.5, 0.6) is 0 Å². The zero-order valence-electron chi connectivity index (χ0n) is 9.56. The lowest BCUT2D eigenvalue weighted by Crippen LogP contribution is -2.35. The van der Waals surface area contributed by atoms with Gasteiger partial charge >= 0.3 is 0 Å². The molecule has 0 saturated heterocycles. The zero-order chi connectivity index (χ0) is 12.5. The molecule has 92 valence electrons. The molecule has 1 aromatic carbocycles. The fourth-order valence-corrected chi connectivity index (χ4v) is 2.61. The highest BCUT2D eigenvalue weighted by Crippen LogP contribution is 2.17. The normalized spacial score (nSPS) is 12.2. The number of aromatic amines is 1. The van der Waals surface area contributed by atoms with E-state index in [4.69, 9.17) is 0 Å². The smallest absolute Gasteiger partial charge is 0.278 e. The molecule has 0 saturated carbocycles. The van der Waals surface area contributed by atoms with Crippen LogP contribution in [0.25, 0.3) is 10.9 Å². The van der Waals surface area contributed by atoms with Crippen LogP contribution in [0, 0.1) is 0 Å². The summed E-state index contributed by atoms with van der Waals surface area (Å²) >= 11 is 0. The number of fused-ring (bicyclic) bond motifs is 1. The van der Waals surface area contributed by atoms with E-state index in [1.807, 2.05) is 0 Å². The summed E-state index contributed by atoms with van der Waals surface area (Å²) in [6.45, 7) is 3.52. The molecule has 1 aromatic heterocycles. The predicted molar refractivity (Wildman–Crippen MR) is 66.9 cm³/mol. The van der Waals surface area contributed by atoms with Gasteiger partial charge in [-0.3, -0.25) is 9.82 Å². The van der Waals surface area contributed by atoms with Gasteiger partial charge in [0.2, 0.25) is 0 Å². The summed E-state index contributed by atoms with van der Waals surface area (Å²) in [4.78, 5) is 0. The van der Waals surface area contributed by atoms with Crippen LogP contribution in [0.2, 0.25) is 0 Å². The predicted octanol–water partition coefficient (Wildman–Crippen LogP) is 1.22. The highest BCUT2D eigenvalue weighted by Gasteiger charge is 2.11. The van der Waals surface area contributed by atoms with E-state index in [2.05, 4.69) is 19.6 Å². The van der Waals surface area contributed by atoms with Crippen molar-refractivity contribution in [3.05, 3.63) is 24.4 Å². The second-order valence-corrected chi connectivity index (χ2v) is 5.50. The van der Waals surface area contributed by atoms with Crippen LogP contribution in [0.15, 0.2) is 24.4 Å². The number of rotatable bonds is 4. The average molecular weight is 254 g/mol. The molecule has 0 atom stereocenters. The molecule has 7 heteroatoms. The molecule has 17 heavy (non-hydrogen) atoms. The van der Waals surface area contributed by atoms with E-state index in [9.17, 15) is 8.42 Å². The first-order valence-electron chi connectivity index (χ1n) is 5.19. The third kappa shape index (κ3) is 2.95. The van der Waals surface area contributed by atoms with Crippen molar-refractivity contribution in [1.82, 2.24) is 14.9 Å². The minimum atomic E-state index is -3.52. The Morgan fingerprint density at radius 2 is 2.12 bits per heavy atom. The molecule has 0 unspecified atom stereocenters. The van der Waals surface area contributed by atoms with Crippen molar-refractivity contribution < 1.29 is 8.42 Å². The van der Waals surface area contributed by atoms with Crippen molar-refractivity contribution in [2.24, 2.45) is 0 Å². The van der Waals surface area contributed by atoms with Gasteiger partial charge in [-0.1, -0.05) is 0 Å². The Hall–Kier alpha value is -1.60. The molecule has 3 N–H and O–H groups in total. The Kier molecular flexibility index (Phi) is 3.03. The minimum Gasteiger partial charge on any atom is -0.278 e. The van der Waals surface area contributed by atoms with Gasteiger partial charge in [-0.05, 0) is 32.0 Å². The minimum absolute atomic E-state index is 0.150. The number of nitrogens with zero attached hydrogens (tertiary/aromatic N) is 1. The number of nitrogens with one attached hydrogen (secondary N) is 3. The van der Waals surface area contributed by atoms with E-state index >= 15 is 0 Å². The number of aromatic nitrogens is 2. The lowest BCUT2D eigenvalue weighted by atomic mass is 10.2. The molecule has 0 radical (unpaired) electrons. The first-order valence-corrected chi connectivity index (χ1v) is 6.68. The quantitative estimate of drug-likeness (QED) is 0.766. The van der Waals surface area contributed by atoms with Crippen molar-refractivity contribution in [1.29, 1.82) is 0 Å². The van der Waals surface area contributed by atoms with Gasteiger partial charge in [0, 0.05) is 11.4 Å². The molecule has 6 nitrogen and oxygen atoms in total. The van der Waals surface area contributed by atoms with Gasteiger partial charge in [-0.15, -0.1) is 0 Å². The standard InChI is InChI=1S/C10H14N4O2S/c1-7(2)13-17(15,16)14-9-4-3-8-6-11-12-10(8)5-9/h3-7,13-14H,1-2H3,(H,11,12). The maximum absolute atomic E-state index is 11.6. The fourth-order valence-electron chi connectivity index (χ4n) is 1.50. The van der Waals surface area contributed by atoms with E-state index in [-0.39, 0.29) is 6.04 Å². The van der Waals surface area contributed by atoms with Crippen molar-refractivity contribution in [2.75, 3.05) is 4.72 Å². The summed E-state index contributed by atoms with van der Waals surface area (Å²) in [6, 6.07) is 5.04. The first-order chi connectivity index (χ1) is 7.96. The van der Waals surface area contributed by atoms with E-state index in [1.54, 1.807) is 38.2 Å². The maximum atomic E-state index is 11.6. The summed E-state index contributed by atoms with van der Waals surface area (Å²) in [5.74, 6) is 0. The third-order valence-corrected chi connectivity index (χ3v) is 3.37. The van der Waals surface area contributed by atoms with E-state index < -0.39 is 10.2 Å². The lowest BCUT2D eigenvalue weighted by molar-refractivity contribution is 0.575. The second-order valence-electron chi connectivity index (χ2n) is 4.05. The summed E-state index contributed by atoms with van der Waals surface area (Å²) in [7, 11) is -3.52. The molecule has 0 aliphatic heterocycles. The molecule has 0 fully saturated rings. The largest absolute Gasteiger partial charge is 0.299 e. The van der Waals surface area contributed by atoms with E-state index in [0.717, 1.165) is 10.9 Å². The van der Waals surface area contributed by atoms with Gasteiger partial charge in [0.05, 0.1) is 17.4 Å². The molecule has 0 bridgehead atoms. The highest BCUT2D eigenvalue weighted by molar-refractivity contribution is 7.90. The van der Waals surface area contributed by atoms with Gasteiger partial charge < -0.3 is 0 Å². The van der Waals surface area contributed by atoms with Crippen molar-refractivity contribution >= 4 is 26.8 Å². The number of hydrogen-bond donors (Lipinski definition) is 3. The molecule has 0 aliphatic carbocycles. The number of benzene rings is 1. The molecule has 1 heterocycles. The van der Waals surface area contributed by atoms with Crippen LogP contribution in [0.4, 0.5) is 5.69 Å². The summed E-state index contributed by atoms with van der Waals surface area (Å²) in [5, 5.41) is 7.59. The molecule has 2 rings (SSSR count). The summed E-state index contributed by atoms with van der Waals surface area (Å²) < 4.78 is 28.2. The van der Waals surface area contributed by atoms with Crippen LogP contribution in [0.3, 0.4) is 0 Å². The topological polar surface area (TPSA) is 86.9 Å². The van der Waals surface area contributed by atoms with Crippen molar-refractivity contribution in [3.8, 4) is 0 Å². The number of H-pyrrole nitrogens is 1. The van der Waals surface area contributed by atoms with Crippen LogP contribution < -0.4 is 9.44 Å². The van der Waals surface area contributed by atoms with E-state index in [0.29, 0.717) is 5.69 Å². The van der Waals surface area contributed by atoms with E-state index in [1.165, 1.54) is 0 Å². The zero-order valence-corrected chi connectivity index (χ0v) is 10.4. The highest BCUT2D eigenvalue weighted by atomic mass is 32.2. The average Bonchev–Trinajstić information content (AvgIpc) is 2.61. The van der Waals surface area contributed by atoms with Crippen LogP contribution >= 0.6 is 0 Å². The third-order valence-electron chi connectivity index (χ3n) is 2.08. The Labute approximate surface area is 99.6 Å². The lowest BCUT2D eigenvalue weighted by Gasteiger charge is -2.11. The van der Waals surface area contributed by atoms with Gasteiger partial charge in [-0.25, -0.2) is 0 Å². The first kappa shape index (κ1) is 11.9.